The van der Waals surface area contributed by atoms with Gasteiger partial charge in [-0.1, -0.05) is 24.3 Å². The van der Waals surface area contributed by atoms with Crippen molar-refractivity contribution in [2.24, 2.45) is 11.7 Å². The van der Waals surface area contributed by atoms with Gasteiger partial charge >= 0.3 is 5.51 Å². The van der Waals surface area contributed by atoms with Crippen LogP contribution in [-0.2, 0) is 22.3 Å². The molecule has 0 bridgehead atoms. The van der Waals surface area contributed by atoms with Gasteiger partial charge in [0.2, 0.25) is 22.8 Å². The number of hydrogen-bond donors (Lipinski definition) is 3. The molecule has 0 aliphatic carbocycles. The van der Waals surface area contributed by atoms with Crippen LogP contribution in [0.5, 0.6) is 0 Å². The Hall–Kier alpha value is -3.22. The van der Waals surface area contributed by atoms with E-state index in [9.17, 15) is 27.0 Å². The van der Waals surface area contributed by atoms with Crippen LogP contribution in [0.4, 0.5) is 13.2 Å². The summed E-state index contributed by atoms with van der Waals surface area (Å²) < 4.78 is 53.8. The smallest absolute Gasteiger partial charge is 0.366 e. The highest BCUT2D eigenvalue weighted by molar-refractivity contribution is 7.83. The monoisotopic (exact) mass is 547 g/mol. The Kier molecular flexibility index (Phi) is 7.30. The van der Waals surface area contributed by atoms with Gasteiger partial charge in [-0.3, -0.25) is 9.59 Å². The van der Waals surface area contributed by atoms with Gasteiger partial charge < -0.3 is 20.9 Å². The zero-order valence-corrected chi connectivity index (χ0v) is 21.3. The molecule has 0 spiro atoms. The molecule has 12 heteroatoms. The number of alkyl halides is 3. The summed E-state index contributed by atoms with van der Waals surface area (Å²) >= 11 is 0. The number of halogens is 3. The lowest BCUT2D eigenvalue weighted by molar-refractivity contribution is -0.126. The number of nitrogens with one attached hydrogen (secondary N) is 2. The van der Waals surface area contributed by atoms with Gasteiger partial charge in [0, 0.05) is 67.0 Å². The Morgan fingerprint density at radius 3 is 2.47 bits per heavy atom. The number of benzene rings is 2. The normalized spacial score (nSPS) is 18.3. The number of rotatable bonds is 7. The van der Waals surface area contributed by atoms with Crippen LogP contribution in [0.2, 0.25) is 0 Å². The molecule has 3 heterocycles. The van der Waals surface area contributed by atoms with Crippen LogP contribution in [0.25, 0.3) is 22.0 Å². The van der Waals surface area contributed by atoms with E-state index < -0.39 is 22.4 Å². The number of primary amides is 1. The predicted molar refractivity (Wildman–Crippen MR) is 138 cm³/mol. The van der Waals surface area contributed by atoms with Gasteiger partial charge in [0.15, 0.2) is 0 Å². The Balaban J connectivity index is 1.47. The number of nitrogens with zero attached hydrogens (tertiary/aromatic N) is 2. The fraction of sp³-hybridized carbons (Fsp3) is 0.385. The van der Waals surface area contributed by atoms with E-state index in [0.717, 1.165) is 31.9 Å². The Labute approximate surface area is 219 Å². The average Bonchev–Trinajstić information content (AvgIpc) is 3.24. The van der Waals surface area contributed by atoms with Crippen molar-refractivity contribution in [3.8, 4) is 11.1 Å². The minimum atomic E-state index is -4.78. The predicted octanol–water partition coefficient (Wildman–Crippen LogP) is 3.06. The second kappa shape index (κ2) is 10.5. The molecule has 0 saturated carbocycles. The molecule has 2 amide bonds. The topological polar surface area (TPSA) is 109 Å². The first kappa shape index (κ1) is 26.4. The minimum absolute atomic E-state index is 0.00628. The molecule has 2 aliphatic heterocycles. The van der Waals surface area contributed by atoms with Crippen LogP contribution in [-0.4, -0.2) is 56.6 Å². The summed E-state index contributed by atoms with van der Waals surface area (Å²) in [6, 6.07) is 12.7. The van der Waals surface area contributed by atoms with Crippen molar-refractivity contribution in [3.63, 3.8) is 0 Å². The second-order valence-electron chi connectivity index (χ2n) is 9.67. The second-order valence-corrected chi connectivity index (χ2v) is 11.2. The highest BCUT2D eigenvalue weighted by Gasteiger charge is 2.42. The van der Waals surface area contributed by atoms with Crippen LogP contribution in [0.15, 0.2) is 48.7 Å². The highest BCUT2D eigenvalue weighted by Crippen LogP contribution is 2.37. The molecule has 2 fully saturated rings. The van der Waals surface area contributed by atoms with Crippen molar-refractivity contribution in [1.29, 1.82) is 0 Å². The van der Waals surface area contributed by atoms with Crippen molar-refractivity contribution >= 4 is 33.7 Å². The summed E-state index contributed by atoms with van der Waals surface area (Å²) in [7, 11) is -3.03. The van der Waals surface area contributed by atoms with Crippen molar-refractivity contribution in [1.82, 2.24) is 19.5 Å². The van der Waals surface area contributed by atoms with Crippen LogP contribution in [0.3, 0.4) is 0 Å². The molecule has 1 unspecified atom stereocenters. The maximum absolute atomic E-state index is 13.0. The Morgan fingerprint density at radius 1 is 1.11 bits per heavy atom. The third kappa shape index (κ3) is 5.33. The summed E-state index contributed by atoms with van der Waals surface area (Å²) in [6.07, 6.45) is 2.73. The molecule has 2 aromatic carbocycles. The Morgan fingerprint density at radius 2 is 1.84 bits per heavy atom. The SMILES string of the molecule is NC(=O)c1cccc(-c2cn(C3CCN(S(=O)C(F)(F)F)CC3)c3cc(CNC(=O)C4CNC4)ccc23)c1. The number of carbonyl (C=O) groups is 2. The van der Waals surface area contributed by atoms with E-state index in [1.54, 1.807) is 18.2 Å². The van der Waals surface area contributed by atoms with Crippen LogP contribution >= 0.6 is 0 Å². The average molecular weight is 548 g/mol. The third-order valence-corrected chi connectivity index (χ3v) is 8.46. The van der Waals surface area contributed by atoms with Crippen molar-refractivity contribution in [2.75, 3.05) is 26.2 Å². The third-order valence-electron chi connectivity index (χ3n) is 7.23. The maximum atomic E-state index is 13.0. The molecule has 3 aromatic rings. The van der Waals surface area contributed by atoms with Crippen molar-refractivity contribution in [3.05, 3.63) is 59.8 Å². The quantitative estimate of drug-likeness (QED) is 0.423. The first-order chi connectivity index (χ1) is 18.1. The number of fused-ring (bicyclic) bond motifs is 1. The van der Waals surface area contributed by atoms with E-state index >= 15 is 0 Å². The first-order valence-corrected chi connectivity index (χ1v) is 13.5. The van der Waals surface area contributed by atoms with Gasteiger partial charge in [0.25, 0.3) is 0 Å². The van der Waals surface area contributed by atoms with Gasteiger partial charge in [-0.2, -0.15) is 13.2 Å². The van der Waals surface area contributed by atoms with Gasteiger partial charge in [-0.25, -0.2) is 8.51 Å². The molecule has 202 valence electrons. The standard InChI is InChI=1S/C26H28F3N5O3S/c27-26(28,29)38(37)33-8-6-20(7-9-33)34-15-22(17-2-1-3-18(11-17)24(30)35)21-5-4-16(10-23(21)34)12-32-25(36)19-13-31-14-19/h1-5,10-11,15,19-20,31H,6-9,12-14H2,(H2,30,35)(H,32,36). The molecule has 2 aliphatic rings. The first-order valence-electron chi connectivity index (χ1n) is 12.4. The largest absolute Gasteiger partial charge is 0.485 e. The molecule has 0 radical (unpaired) electrons. The maximum Gasteiger partial charge on any atom is 0.485 e. The lowest BCUT2D eigenvalue weighted by atomic mass is 10.0. The zero-order chi connectivity index (χ0) is 27.0. The van der Waals surface area contributed by atoms with Crippen molar-refractivity contribution < 1.29 is 27.0 Å². The van der Waals surface area contributed by atoms with Gasteiger partial charge in [0.05, 0.1) is 5.92 Å². The molecule has 4 N–H and O–H groups in total. The molecular weight excluding hydrogens is 519 g/mol. The van der Waals surface area contributed by atoms with E-state index in [-0.39, 0.29) is 31.0 Å². The number of carbonyl (C=O) groups excluding carboxylic acids is 2. The molecule has 1 atom stereocenters. The lowest BCUT2D eigenvalue weighted by Crippen LogP contribution is -2.50. The van der Waals surface area contributed by atoms with Gasteiger partial charge in [0.1, 0.15) is 0 Å². The number of piperidine rings is 1. The fourth-order valence-corrected chi connectivity index (χ4v) is 5.85. The number of nitrogens with two attached hydrogens (primary N) is 1. The van der Waals surface area contributed by atoms with E-state index in [1.165, 1.54) is 0 Å². The lowest BCUT2D eigenvalue weighted by Gasteiger charge is -2.32. The summed E-state index contributed by atoms with van der Waals surface area (Å²) in [4.78, 5) is 24.1. The summed E-state index contributed by atoms with van der Waals surface area (Å²) in [5, 5.41) is 6.96. The van der Waals surface area contributed by atoms with E-state index in [2.05, 4.69) is 15.2 Å². The number of hydrogen-bond acceptors (Lipinski definition) is 4. The van der Waals surface area contributed by atoms with Gasteiger partial charge in [-0.15, -0.1) is 0 Å². The van der Waals surface area contributed by atoms with E-state index in [1.807, 2.05) is 30.5 Å². The molecule has 2 saturated heterocycles. The summed E-state index contributed by atoms with van der Waals surface area (Å²) in [6.45, 7) is 1.78. The van der Waals surface area contributed by atoms with Crippen LogP contribution in [0, 0.1) is 5.92 Å². The molecule has 5 rings (SSSR count). The van der Waals surface area contributed by atoms with E-state index in [4.69, 9.17) is 5.73 Å². The number of amides is 2. The summed E-state index contributed by atoms with van der Waals surface area (Å²) in [5.74, 6) is -0.576. The number of aromatic nitrogens is 1. The fourth-order valence-electron chi connectivity index (χ4n) is 5.02. The minimum Gasteiger partial charge on any atom is -0.366 e. The van der Waals surface area contributed by atoms with Crippen LogP contribution in [0.1, 0.15) is 34.8 Å². The van der Waals surface area contributed by atoms with Crippen molar-refractivity contribution in [2.45, 2.75) is 30.9 Å². The van der Waals surface area contributed by atoms with Gasteiger partial charge in [-0.05, 0) is 42.2 Å². The van der Waals surface area contributed by atoms with E-state index in [0.29, 0.717) is 38.0 Å². The molecular formula is C26H28F3N5O3S. The Bertz CT molecular complexity index is 1390. The highest BCUT2D eigenvalue weighted by atomic mass is 32.2. The van der Waals surface area contributed by atoms with Crippen LogP contribution < -0.4 is 16.4 Å². The molecule has 38 heavy (non-hydrogen) atoms. The molecule has 8 nitrogen and oxygen atoms in total. The summed E-state index contributed by atoms with van der Waals surface area (Å²) in [5.41, 5.74) is 4.50. The zero-order valence-electron chi connectivity index (χ0n) is 20.5. The molecule has 1 aromatic heterocycles.